The second-order valence-electron chi connectivity index (χ2n) is 4.20. The van der Waals surface area contributed by atoms with Crippen molar-refractivity contribution in [2.45, 2.75) is 19.9 Å². The zero-order valence-electron chi connectivity index (χ0n) is 9.79. The van der Waals surface area contributed by atoms with Crippen LogP contribution in [-0.4, -0.2) is 28.8 Å². The molecule has 88 valence electrons. The molecule has 2 rings (SSSR count). The molecule has 1 fully saturated rings. The molecule has 1 aromatic heterocycles. The summed E-state index contributed by atoms with van der Waals surface area (Å²) in [6.07, 6.45) is 2.87. The number of carbonyl (C=O) groups is 1. The third kappa shape index (κ3) is 2.24. The molecule has 0 radical (unpaired) electrons. The van der Waals surface area contributed by atoms with E-state index in [4.69, 9.17) is 0 Å². The molecule has 1 saturated heterocycles. The largest absolute Gasteiger partial charge is 0.352 e. The van der Waals surface area contributed by atoms with Crippen LogP contribution < -0.4 is 10.6 Å². The van der Waals surface area contributed by atoms with Gasteiger partial charge in [0, 0.05) is 38.4 Å². The van der Waals surface area contributed by atoms with Crippen molar-refractivity contribution in [3.63, 3.8) is 0 Å². The molecule has 16 heavy (non-hydrogen) atoms. The summed E-state index contributed by atoms with van der Waals surface area (Å²) in [7, 11) is 1.90. The molecule has 1 aliphatic rings. The lowest BCUT2D eigenvalue weighted by Crippen LogP contribution is -2.50. The number of nitrogens with zero attached hydrogens (tertiary/aromatic N) is 2. The Kier molecular flexibility index (Phi) is 3.24. The molecule has 2 N–H and O–H groups in total. The summed E-state index contributed by atoms with van der Waals surface area (Å²) >= 11 is 0. The summed E-state index contributed by atoms with van der Waals surface area (Å²) in [6, 6.07) is 0. The maximum Gasteiger partial charge on any atom is 0.225 e. The summed E-state index contributed by atoms with van der Waals surface area (Å²) in [4.78, 5) is 11.6. The van der Waals surface area contributed by atoms with Crippen LogP contribution in [-0.2, 0) is 24.8 Å². The molecular formula is C11H18N4O. The van der Waals surface area contributed by atoms with E-state index in [0.717, 1.165) is 30.8 Å². The van der Waals surface area contributed by atoms with E-state index in [1.54, 1.807) is 4.68 Å². The van der Waals surface area contributed by atoms with E-state index in [1.165, 1.54) is 0 Å². The molecule has 0 atom stereocenters. The minimum Gasteiger partial charge on any atom is -0.352 e. The summed E-state index contributed by atoms with van der Waals surface area (Å²) in [5.74, 6) is 0.298. The van der Waals surface area contributed by atoms with Crippen LogP contribution in [0.1, 0.15) is 18.2 Å². The SMILES string of the molecule is CCc1nn(C)cc1CNC(=O)C1CNC1. The van der Waals surface area contributed by atoms with Gasteiger partial charge in [0.05, 0.1) is 11.6 Å². The van der Waals surface area contributed by atoms with E-state index in [0.29, 0.717) is 6.54 Å². The standard InChI is InChI=1S/C11H18N4O/c1-3-10-9(7-15(2)14-10)6-13-11(16)8-4-12-5-8/h7-8,12H,3-6H2,1-2H3,(H,13,16). The third-order valence-electron chi connectivity index (χ3n) is 2.93. The Morgan fingerprint density at radius 2 is 2.44 bits per heavy atom. The molecule has 1 aromatic rings. The topological polar surface area (TPSA) is 59.0 Å². The number of rotatable bonds is 4. The summed E-state index contributed by atoms with van der Waals surface area (Å²) in [6.45, 7) is 4.27. The van der Waals surface area contributed by atoms with E-state index in [1.807, 2.05) is 13.2 Å². The number of aryl methyl sites for hydroxylation is 2. The molecule has 5 heteroatoms. The molecule has 2 heterocycles. The lowest BCUT2D eigenvalue weighted by molar-refractivity contribution is -0.126. The number of nitrogens with one attached hydrogen (secondary N) is 2. The molecule has 1 amide bonds. The fourth-order valence-electron chi connectivity index (χ4n) is 1.83. The van der Waals surface area contributed by atoms with Crippen LogP contribution in [0.25, 0.3) is 0 Å². The number of hydrogen-bond donors (Lipinski definition) is 2. The van der Waals surface area contributed by atoms with E-state index in [9.17, 15) is 4.79 Å². The molecule has 0 bridgehead atoms. The average molecular weight is 222 g/mol. The van der Waals surface area contributed by atoms with Crippen molar-refractivity contribution < 1.29 is 4.79 Å². The van der Waals surface area contributed by atoms with E-state index >= 15 is 0 Å². The predicted molar refractivity (Wildman–Crippen MR) is 60.8 cm³/mol. The fraction of sp³-hybridized carbons (Fsp3) is 0.636. The van der Waals surface area contributed by atoms with Crippen molar-refractivity contribution in [1.82, 2.24) is 20.4 Å². The molecule has 0 aliphatic carbocycles. The first kappa shape index (κ1) is 11.1. The molecule has 5 nitrogen and oxygen atoms in total. The zero-order chi connectivity index (χ0) is 11.5. The van der Waals surface area contributed by atoms with Crippen molar-refractivity contribution in [1.29, 1.82) is 0 Å². The lowest BCUT2D eigenvalue weighted by atomic mass is 10.0. The first-order valence-electron chi connectivity index (χ1n) is 5.70. The van der Waals surface area contributed by atoms with Gasteiger partial charge in [-0.25, -0.2) is 0 Å². The van der Waals surface area contributed by atoms with Gasteiger partial charge < -0.3 is 10.6 Å². The van der Waals surface area contributed by atoms with Gasteiger partial charge >= 0.3 is 0 Å². The highest BCUT2D eigenvalue weighted by atomic mass is 16.2. The minimum atomic E-state index is 0.143. The maximum atomic E-state index is 11.6. The quantitative estimate of drug-likeness (QED) is 0.743. The molecule has 0 aromatic carbocycles. The Balaban J connectivity index is 1.90. The van der Waals surface area contributed by atoms with Gasteiger partial charge in [0.25, 0.3) is 0 Å². The number of amides is 1. The summed E-state index contributed by atoms with van der Waals surface area (Å²) in [5.41, 5.74) is 2.18. The number of carbonyl (C=O) groups excluding carboxylic acids is 1. The van der Waals surface area contributed by atoms with Crippen LogP contribution >= 0.6 is 0 Å². The van der Waals surface area contributed by atoms with Crippen LogP contribution in [0.5, 0.6) is 0 Å². The van der Waals surface area contributed by atoms with E-state index in [2.05, 4.69) is 22.7 Å². The highest BCUT2D eigenvalue weighted by molar-refractivity contribution is 5.79. The second kappa shape index (κ2) is 4.65. The van der Waals surface area contributed by atoms with Gasteiger partial charge in [-0.3, -0.25) is 9.48 Å². The Morgan fingerprint density at radius 3 is 3.00 bits per heavy atom. The molecule has 0 saturated carbocycles. The molecule has 1 aliphatic heterocycles. The van der Waals surface area contributed by atoms with Crippen LogP contribution in [0.3, 0.4) is 0 Å². The normalized spacial score (nSPS) is 15.9. The highest BCUT2D eigenvalue weighted by Crippen LogP contribution is 2.08. The fourth-order valence-corrected chi connectivity index (χ4v) is 1.83. The Bertz CT molecular complexity index is 381. The lowest BCUT2D eigenvalue weighted by Gasteiger charge is -2.25. The first-order valence-corrected chi connectivity index (χ1v) is 5.70. The number of hydrogen-bond acceptors (Lipinski definition) is 3. The van der Waals surface area contributed by atoms with Crippen molar-refractivity contribution in [2.75, 3.05) is 13.1 Å². The predicted octanol–water partition coefficient (Wildman–Crippen LogP) is -0.182. The van der Waals surface area contributed by atoms with Crippen LogP contribution in [0.15, 0.2) is 6.20 Å². The first-order chi connectivity index (χ1) is 7.70. The van der Waals surface area contributed by atoms with Crippen LogP contribution in [0, 0.1) is 5.92 Å². The Labute approximate surface area is 95.2 Å². The van der Waals surface area contributed by atoms with E-state index < -0.39 is 0 Å². The monoisotopic (exact) mass is 222 g/mol. The number of aromatic nitrogens is 2. The minimum absolute atomic E-state index is 0.143. The zero-order valence-corrected chi connectivity index (χ0v) is 9.79. The highest BCUT2D eigenvalue weighted by Gasteiger charge is 2.24. The smallest absolute Gasteiger partial charge is 0.225 e. The molecule has 0 spiro atoms. The van der Waals surface area contributed by atoms with Gasteiger partial charge in [0.15, 0.2) is 0 Å². The average Bonchev–Trinajstić information content (AvgIpc) is 2.53. The van der Waals surface area contributed by atoms with Crippen molar-refractivity contribution in [3.8, 4) is 0 Å². The van der Waals surface area contributed by atoms with Gasteiger partial charge in [-0.05, 0) is 6.42 Å². The second-order valence-corrected chi connectivity index (χ2v) is 4.20. The third-order valence-corrected chi connectivity index (χ3v) is 2.93. The maximum absolute atomic E-state index is 11.6. The van der Waals surface area contributed by atoms with E-state index in [-0.39, 0.29) is 11.8 Å². The molecular weight excluding hydrogens is 204 g/mol. The van der Waals surface area contributed by atoms with Crippen molar-refractivity contribution >= 4 is 5.91 Å². The summed E-state index contributed by atoms with van der Waals surface area (Å²) in [5, 5.41) is 10.4. The van der Waals surface area contributed by atoms with Gasteiger partial charge in [0.1, 0.15) is 0 Å². The van der Waals surface area contributed by atoms with Crippen molar-refractivity contribution in [2.24, 2.45) is 13.0 Å². The summed E-state index contributed by atoms with van der Waals surface area (Å²) < 4.78 is 1.80. The van der Waals surface area contributed by atoms with Crippen LogP contribution in [0.2, 0.25) is 0 Å². The Hall–Kier alpha value is -1.36. The van der Waals surface area contributed by atoms with Gasteiger partial charge in [0.2, 0.25) is 5.91 Å². The van der Waals surface area contributed by atoms with Gasteiger partial charge in [-0.1, -0.05) is 6.92 Å². The van der Waals surface area contributed by atoms with Crippen LogP contribution in [0.4, 0.5) is 0 Å². The van der Waals surface area contributed by atoms with Gasteiger partial charge in [-0.15, -0.1) is 0 Å². The van der Waals surface area contributed by atoms with Crippen molar-refractivity contribution in [3.05, 3.63) is 17.5 Å². The Morgan fingerprint density at radius 1 is 1.69 bits per heavy atom. The molecule has 0 unspecified atom stereocenters. The van der Waals surface area contributed by atoms with Gasteiger partial charge in [-0.2, -0.15) is 5.10 Å².